The molecule has 2 N–H and O–H groups in total. The van der Waals surface area contributed by atoms with Gasteiger partial charge in [0, 0.05) is 0 Å². The van der Waals surface area contributed by atoms with Crippen molar-refractivity contribution in [1.82, 2.24) is 0 Å². The zero-order chi connectivity index (χ0) is 11.1. The fourth-order valence-corrected chi connectivity index (χ4v) is 0.801. The van der Waals surface area contributed by atoms with E-state index in [4.69, 9.17) is 21.5 Å². The predicted molar refractivity (Wildman–Crippen MR) is 51.0 cm³/mol. The average molecular weight is 186 g/mol. The number of nitrogens with zero attached hydrogens (tertiary/aromatic N) is 3. The quantitative estimate of drug-likeness (QED) is 0.519. The summed E-state index contributed by atoms with van der Waals surface area (Å²) in [5, 5.41) is 25.8. The lowest BCUT2D eigenvalue weighted by Gasteiger charge is -2.00. The van der Waals surface area contributed by atoms with Gasteiger partial charge in [0.25, 0.3) is 0 Å². The normalized spacial score (nSPS) is 9.86. The molecule has 0 aromatic carbocycles. The molecular formula is C10H10N4. The number of rotatable bonds is 2. The molecule has 0 aromatic heterocycles. The fraction of sp³-hybridized carbons (Fsp3) is 0.300. The van der Waals surface area contributed by atoms with E-state index in [1.165, 1.54) is 0 Å². The smallest absolute Gasteiger partial charge is 0.153 e. The lowest BCUT2D eigenvalue weighted by molar-refractivity contribution is 0.826. The third-order valence-electron chi connectivity index (χ3n) is 1.40. The van der Waals surface area contributed by atoms with Crippen molar-refractivity contribution in [2.75, 3.05) is 0 Å². The van der Waals surface area contributed by atoms with Crippen LogP contribution in [0.25, 0.3) is 0 Å². The van der Waals surface area contributed by atoms with Gasteiger partial charge >= 0.3 is 0 Å². The molecule has 0 aromatic rings. The fourth-order valence-electron chi connectivity index (χ4n) is 0.801. The lowest BCUT2D eigenvalue weighted by atomic mass is 10.1. The minimum atomic E-state index is -0.224. The number of hydrogen-bond donors (Lipinski definition) is 1. The molecule has 0 bridgehead atoms. The van der Waals surface area contributed by atoms with Crippen LogP contribution in [-0.2, 0) is 0 Å². The molecule has 0 saturated heterocycles. The number of hydrogen-bond acceptors (Lipinski definition) is 4. The second-order valence-electron chi connectivity index (χ2n) is 2.95. The molecule has 0 fully saturated rings. The zero-order valence-electron chi connectivity index (χ0n) is 8.07. The van der Waals surface area contributed by atoms with E-state index in [2.05, 4.69) is 0 Å². The van der Waals surface area contributed by atoms with Gasteiger partial charge in [0.1, 0.15) is 18.2 Å². The van der Waals surface area contributed by atoms with Gasteiger partial charge in [0.15, 0.2) is 5.57 Å². The van der Waals surface area contributed by atoms with Crippen molar-refractivity contribution in [2.24, 2.45) is 11.7 Å². The average Bonchev–Trinajstić information content (AvgIpc) is 2.15. The van der Waals surface area contributed by atoms with Crippen molar-refractivity contribution in [3.63, 3.8) is 0 Å². The summed E-state index contributed by atoms with van der Waals surface area (Å²) in [5.74, 6) is 0.141. The molecule has 0 rings (SSSR count). The Bertz CT molecular complexity index is 377. The third-order valence-corrected chi connectivity index (χ3v) is 1.40. The van der Waals surface area contributed by atoms with Crippen LogP contribution >= 0.6 is 0 Å². The molecule has 0 radical (unpaired) electrons. The van der Waals surface area contributed by atoms with Crippen molar-refractivity contribution >= 4 is 0 Å². The minimum Gasteiger partial charge on any atom is -0.396 e. The maximum Gasteiger partial charge on any atom is 0.153 e. The van der Waals surface area contributed by atoms with Gasteiger partial charge in [-0.2, -0.15) is 15.8 Å². The van der Waals surface area contributed by atoms with Crippen LogP contribution in [0.2, 0.25) is 0 Å². The monoisotopic (exact) mass is 186 g/mol. The van der Waals surface area contributed by atoms with Crippen molar-refractivity contribution in [2.45, 2.75) is 13.8 Å². The topological polar surface area (TPSA) is 97.4 Å². The second kappa shape index (κ2) is 5.41. The number of allylic oxidation sites excluding steroid dienone is 3. The summed E-state index contributed by atoms with van der Waals surface area (Å²) in [4.78, 5) is 0. The van der Waals surface area contributed by atoms with Crippen molar-refractivity contribution in [3.05, 3.63) is 22.9 Å². The largest absolute Gasteiger partial charge is 0.396 e. The molecule has 0 spiro atoms. The first-order valence-corrected chi connectivity index (χ1v) is 3.99. The molecule has 4 heteroatoms. The summed E-state index contributed by atoms with van der Waals surface area (Å²) in [7, 11) is 0. The van der Waals surface area contributed by atoms with Crippen LogP contribution in [0.15, 0.2) is 22.9 Å². The summed E-state index contributed by atoms with van der Waals surface area (Å²) in [6.45, 7) is 3.76. The van der Waals surface area contributed by atoms with E-state index in [9.17, 15) is 0 Å². The third kappa shape index (κ3) is 3.01. The summed E-state index contributed by atoms with van der Waals surface area (Å²) in [6, 6.07) is 5.14. The standard InChI is InChI=1S/C10H10N4/c1-7(2)3-8(4-11)10(14)9(5-12)6-13/h3,7H,14H2,1-2H3/b8-3-. The van der Waals surface area contributed by atoms with E-state index in [-0.39, 0.29) is 22.8 Å². The van der Waals surface area contributed by atoms with Crippen LogP contribution in [-0.4, -0.2) is 0 Å². The molecule has 70 valence electrons. The Morgan fingerprint density at radius 3 is 1.93 bits per heavy atom. The van der Waals surface area contributed by atoms with Crippen LogP contribution < -0.4 is 5.73 Å². The molecular weight excluding hydrogens is 176 g/mol. The van der Waals surface area contributed by atoms with E-state index < -0.39 is 0 Å². The van der Waals surface area contributed by atoms with Gasteiger partial charge in [-0.1, -0.05) is 19.9 Å². The lowest BCUT2D eigenvalue weighted by Crippen LogP contribution is -2.04. The highest BCUT2D eigenvalue weighted by atomic mass is 14.6. The Labute approximate surface area is 83.2 Å². The molecule has 0 aliphatic heterocycles. The first-order chi connectivity index (χ1) is 6.56. The summed E-state index contributed by atoms with van der Waals surface area (Å²) >= 11 is 0. The van der Waals surface area contributed by atoms with Gasteiger partial charge in [-0.3, -0.25) is 0 Å². The van der Waals surface area contributed by atoms with Crippen LogP contribution in [0, 0.1) is 39.9 Å². The maximum absolute atomic E-state index is 8.73. The first kappa shape index (κ1) is 11.8. The SMILES string of the molecule is CC(C)/C=C(/C#N)C(N)=C(C#N)C#N. The van der Waals surface area contributed by atoms with E-state index in [1.807, 2.05) is 19.9 Å². The highest BCUT2D eigenvalue weighted by Gasteiger charge is 2.07. The van der Waals surface area contributed by atoms with Crippen molar-refractivity contribution < 1.29 is 0 Å². The summed E-state index contributed by atoms with van der Waals surface area (Å²) < 4.78 is 0. The van der Waals surface area contributed by atoms with Crippen molar-refractivity contribution in [3.8, 4) is 18.2 Å². The number of nitrogens with two attached hydrogens (primary N) is 1. The molecule has 0 unspecified atom stereocenters. The Hall–Kier alpha value is -2.25. The predicted octanol–water partition coefficient (Wildman–Crippen LogP) is 1.35. The Morgan fingerprint density at radius 1 is 1.14 bits per heavy atom. The molecule has 0 saturated carbocycles. The second-order valence-corrected chi connectivity index (χ2v) is 2.95. The van der Waals surface area contributed by atoms with E-state index in [0.717, 1.165) is 0 Å². The van der Waals surface area contributed by atoms with E-state index in [0.29, 0.717) is 0 Å². The summed E-state index contributed by atoms with van der Waals surface area (Å²) in [5.41, 5.74) is 5.39. The highest BCUT2D eigenvalue weighted by Crippen LogP contribution is 2.11. The molecule has 0 heterocycles. The van der Waals surface area contributed by atoms with E-state index >= 15 is 0 Å². The Balaban J connectivity index is 5.34. The van der Waals surface area contributed by atoms with E-state index in [1.54, 1.807) is 18.2 Å². The van der Waals surface area contributed by atoms with Crippen LogP contribution in [0.4, 0.5) is 0 Å². The zero-order valence-corrected chi connectivity index (χ0v) is 8.07. The van der Waals surface area contributed by atoms with Gasteiger partial charge in [0.2, 0.25) is 0 Å². The van der Waals surface area contributed by atoms with Gasteiger partial charge in [-0.15, -0.1) is 0 Å². The minimum absolute atomic E-state index is 0.0498. The molecule has 0 aliphatic carbocycles. The summed E-state index contributed by atoms with van der Waals surface area (Å²) in [6.07, 6.45) is 1.62. The Kier molecular flexibility index (Phi) is 4.54. The van der Waals surface area contributed by atoms with Gasteiger partial charge in [-0.25, -0.2) is 0 Å². The van der Waals surface area contributed by atoms with Gasteiger partial charge < -0.3 is 5.73 Å². The Morgan fingerprint density at radius 2 is 1.64 bits per heavy atom. The molecule has 14 heavy (non-hydrogen) atoms. The van der Waals surface area contributed by atoms with Gasteiger partial charge in [-0.05, 0) is 5.92 Å². The van der Waals surface area contributed by atoms with Gasteiger partial charge in [0.05, 0.1) is 11.3 Å². The van der Waals surface area contributed by atoms with Crippen molar-refractivity contribution in [1.29, 1.82) is 15.8 Å². The highest BCUT2D eigenvalue weighted by molar-refractivity contribution is 5.52. The first-order valence-electron chi connectivity index (χ1n) is 3.99. The molecule has 4 nitrogen and oxygen atoms in total. The maximum atomic E-state index is 8.73. The van der Waals surface area contributed by atoms with Crippen LogP contribution in [0.3, 0.4) is 0 Å². The number of nitriles is 3. The molecule has 0 atom stereocenters. The molecule has 0 aliphatic rings. The van der Waals surface area contributed by atoms with Crippen LogP contribution in [0.1, 0.15) is 13.8 Å². The van der Waals surface area contributed by atoms with Crippen LogP contribution in [0.5, 0.6) is 0 Å². The molecule has 0 amide bonds.